The average Bonchev–Trinajstić information content (AvgIpc) is 3.29. The molecule has 2 aromatic heterocycles. The summed E-state index contributed by atoms with van der Waals surface area (Å²) in [6.07, 6.45) is 2.18. The van der Waals surface area contributed by atoms with Gasteiger partial charge < -0.3 is 24.0 Å². The maximum atomic E-state index is 13.0. The van der Waals surface area contributed by atoms with Crippen molar-refractivity contribution in [3.8, 4) is 0 Å². The second-order valence-corrected chi connectivity index (χ2v) is 7.49. The fourth-order valence-electron chi connectivity index (χ4n) is 3.86. The van der Waals surface area contributed by atoms with E-state index in [0.29, 0.717) is 25.5 Å². The number of rotatable bonds is 4. The van der Waals surface area contributed by atoms with Gasteiger partial charge in [0.05, 0.1) is 25.4 Å². The normalized spacial score (nSPS) is 22.6. The lowest BCUT2D eigenvalue weighted by Gasteiger charge is -2.31. The van der Waals surface area contributed by atoms with Crippen molar-refractivity contribution in [2.75, 3.05) is 13.2 Å². The molecule has 3 atom stereocenters. The van der Waals surface area contributed by atoms with E-state index < -0.39 is 12.1 Å². The van der Waals surface area contributed by atoms with Crippen LogP contribution in [0, 0.1) is 0 Å². The predicted octanol–water partition coefficient (Wildman–Crippen LogP) is 2.64. The Bertz CT molecular complexity index is 919. The number of hydrogen-bond acceptors (Lipinski definition) is 5. The van der Waals surface area contributed by atoms with Crippen molar-refractivity contribution in [1.29, 1.82) is 0 Å². The van der Waals surface area contributed by atoms with E-state index in [1.807, 2.05) is 47.0 Å². The minimum atomic E-state index is -5.08. The molecule has 1 amide bonds. The number of fused-ring (bicyclic) bond motifs is 2. The second kappa shape index (κ2) is 10.1. The van der Waals surface area contributed by atoms with Gasteiger partial charge in [-0.05, 0) is 42.7 Å². The number of hydrogen-bond donors (Lipinski definition) is 1. The molecular weight excluding hydrogens is 431 g/mol. The molecule has 2 aromatic rings. The molecule has 1 N–H and O–H groups in total. The summed E-state index contributed by atoms with van der Waals surface area (Å²) in [7, 11) is 1.90. The molecule has 1 saturated carbocycles. The van der Waals surface area contributed by atoms with E-state index in [1.54, 1.807) is 12.4 Å². The Morgan fingerprint density at radius 1 is 1.25 bits per heavy atom. The van der Waals surface area contributed by atoms with Gasteiger partial charge in [0.2, 0.25) is 0 Å². The van der Waals surface area contributed by atoms with Crippen molar-refractivity contribution in [2.24, 2.45) is 7.05 Å². The number of aromatic nitrogens is 2. The number of aryl methyl sites for hydroxylation is 1. The standard InChI is InChI=1S/C19H23N3O3.C2HF3O2/c1-21-10-2-3-16(21)19(23)22-11-12-24-17-5-4-15(22)18(17)25-13-14-6-8-20-9-7-14;3-2(4,5)1(6)7/h2-3,6-10,15,17-18H,4-5,11-13H2,1H3;(H,6,7). The number of pyridine rings is 1. The number of halogens is 3. The first-order valence-electron chi connectivity index (χ1n) is 10.0. The number of alkyl halides is 3. The number of carboxylic acids is 1. The van der Waals surface area contributed by atoms with Crippen LogP contribution in [0.5, 0.6) is 0 Å². The number of amides is 1. The van der Waals surface area contributed by atoms with E-state index in [9.17, 15) is 18.0 Å². The van der Waals surface area contributed by atoms with Crippen LogP contribution in [-0.2, 0) is 27.9 Å². The predicted molar refractivity (Wildman–Crippen MR) is 106 cm³/mol. The first-order valence-corrected chi connectivity index (χ1v) is 10.0. The zero-order valence-electron chi connectivity index (χ0n) is 17.4. The van der Waals surface area contributed by atoms with E-state index in [0.717, 1.165) is 18.4 Å². The van der Waals surface area contributed by atoms with Gasteiger partial charge in [-0.2, -0.15) is 13.2 Å². The maximum Gasteiger partial charge on any atom is 0.490 e. The van der Waals surface area contributed by atoms with Crippen LogP contribution >= 0.6 is 0 Å². The van der Waals surface area contributed by atoms with E-state index in [-0.39, 0.29) is 24.2 Å². The maximum absolute atomic E-state index is 13.0. The molecule has 4 rings (SSSR count). The van der Waals surface area contributed by atoms with Crippen LogP contribution in [0.25, 0.3) is 0 Å². The van der Waals surface area contributed by atoms with Crippen LogP contribution < -0.4 is 0 Å². The highest BCUT2D eigenvalue weighted by Crippen LogP contribution is 2.33. The number of aliphatic carboxylic acids is 1. The smallest absolute Gasteiger partial charge is 0.475 e. The summed E-state index contributed by atoms with van der Waals surface area (Å²) in [5, 5.41) is 7.12. The molecule has 1 saturated heterocycles. The molecule has 1 aliphatic heterocycles. The molecule has 174 valence electrons. The SMILES string of the molecule is Cn1cccc1C(=O)N1CCOC2CCC1C2OCc1ccncc1.O=C(O)C(F)(F)F. The zero-order chi connectivity index (χ0) is 23.3. The Balaban J connectivity index is 0.000000360. The molecule has 0 radical (unpaired) electrons. The van der Waals surface area contributed by atoms with E-state index in [2.05, 4.69) is 4.98 Å². The molecule has 32 heavy (non-hydrogen) atoms. The number of ether oxygens (including phenoxy) is 2. The summed E-state index contributed by atoms with van der Waals surface area (Å²) in [5.74, 6) is -2.70. The van der Waals surface area contributed by atoms with Gasteiger partial charge in [-0.3, -0.25) is 9.78 Å². The van der Waals surface area contributed by atoms with Crippen LogP contribution in [-0.4, -0.2) is 69.0 Å². The number of carboxylic acid groups (broad SMARTS) is 1. The van der Waals surface area contributed by atoms with Gasteiger partial charge in [-0.25, -0.2) is 4.79 Å². The molecule has 3 heterocycles. The number of carbonyl (C=O) groups is 2. The molecule has 1 aliphatic carbocycles. The Labute approximate surface area is 182 Å². The molecule has 0 aromatic carbocycles. The zero-order valence-corrected chi connectivity index (χ0v) is 17.4. The van der Waals surface area contributed by atoms with Crippen molar-refractivity contribution in [2.45, 2.75) is 43.9 Å². The van der Waals surface area contributed by atoms with Gasteiger partial charge in [0.25, 0.3) is 5.91 Å². The second-order valence-electron chi connectivity index (χ2n) is 7.49. The first kappa shape index (κ1) is 23.7. The summed E-state index contributed by atoms with van der Waals surface area (Å²) in [4.78, 5) is 27.9. The average molecular weight is 455 g/mol. The van der Waals surface area contributed by atoms with E-state index in [1.165, 1.54) is 0 Å². The Hall–Kier alpha value is -2.92. The van der Waals surface area contributed by atoms with E-state index in [4.69, 9.17) is 19.4 Å². The molecule has 11 heteroatoms. The fraction of sp³-hybridized carbons (Fsp3) is 0.476. The van der Waals surface area contributed by atoms with Crippen LogP contribution in [0.2, 0.25) is 0 Å². The summed E-state index contributed by atoms with van der Waals surface area (Å²) in [6, 6.07) is 7.74. The highest BCUT2D eigenvalue weighted by molar-refractivity contribution is 5.93. The quantitative estimate of drug-likeness (QED) is 0.762. The van der Waals surface area contributed by atoms with Gasteiger partial charge in [0.15, 0.2) is 0 Å². The largest absolute Gasteiger partial charge is 0.490 e. The third kappa shape index (κ3) is 5.65. The summed E-state index contributed by atoms with van der Waals surface area (Å²) >= 11 is 0. The lowest BCUT2D eigenvalue weighted by atomic mass is 10.1. The van der Waals surface area contributed by atoms with Crippen molar-refractivity contribution in [1.82, 2.24) is 14.5 Å². The highest BCUT2D eigenvalue weighted by Gasteiger charge is 2.45. The summed E-state index contributed by atoms with van der Waals surface area (Å²) in [6.45, 7) is 1.68. The monoisotopic (exact) mass is 455 g/mol. The van der Waals surface area contributed by atoms with Gasteiger partial charge in [0, 0.05) is 32.2 Å². The molecule has 8 nitrogen and oxygen atoms in total. The topological polar surface area (TPSA) is 93.9 Å². The third-order valence-corrected chi connectivity index (χ3v) is 5.42. The molecule has 2 aliphatic rings. The molecular formula is C21H24F3N3O5. The first-order chi connectivity index (χ1) is 15.2. The Morgan fingerprint density at radius 2 is 1.94 bits per heavy atom. The van der Waals surface area contributed by atoms with Gasteiger partial charge in [0.1, 0.15) is 11.8 Å². The van der Waals surface area contributed by atoms with Crippen molar-refractivity contribution in [3.05, 3.63) is 54.1 Å². The summed E-state index contributed by atoms with van der Waals surface area (Å²) in [5.41, 5.74) is 1.79. The van der Waals surface area contributed by atoms with Gasteiger partial charge >= 0.3 is 12.1 Å². The molecule has 3 unspecified atom stereocenters. The van der Waals surface area contributed by atoms with Crippen molar-refractivity contribution < 1.29 is 37.3 Å². The van der Waals surface area contributed by atoms with Gasteiger partial charge in [-0.15, -0.1) is 0 Å². The van der Waals surface area contributed by atoms with Gasteiger partial charge in [-0.1, -0.05) is 0 Å². The lowest BCUT2D eigenvalue weighted by molar-refractivity contribution is -0.192. The summed E-state index contributed by atoms with van der Waals surface area (Å²) < 4.78 is 45.8. The number of carbonyl (C=O) groups excluding carboxylic acids is 1. The molecule has 2 fully saturated rings. The number of nitrogens with zero attached hydrogens (tertiary/aromatic N) is 3. The highest BCUT2D eigenvalue weighted by atomic mass is 19.4. The van der Waals surface area contributed by atoms with E-state index >= 15 is 0 Å². The van der Waals surface area contributed by atoms with Crippen molar-refractivity contribution in [3.63, 3.8) is 0 Å². The lowest BCUT2D eigenvalue weighted by Crippen LogP contribution is -2.46. The van der Waals surface area contributed by atoms with Crippen LogP contribution in [0.1, 0.15) is 28.9 Å². The molecule has 2 bridgehead atoms. The van der Waals surface area contributed by atoms with Crippen LogP contribution in [0.3, 0.4) is 0 Å². The molecule has 0 spiro atoms. The van der Waals surface area contributed by atoms with Crippen LogP contribution in [0.4, 0.5) is 13.2 Å². The Morgan fingerprint density at radius 3 is 2.53 bits per heavy atom. The van der Waals surface area contributed by atoms with Crippen LogP contribution in [0.15, 0.2) is 42.9 Å². The minimum absolute atomic E-state index is 0.0566. The Kier molecular flexibility index (Phi) is 7.52. The fourth-order valence-corrected chi connectivity index (χ4v) is 3.86. The third-order valence-electron chi connectivity index (χ3n) is 5.42. The van der Waals surface area contributed by atoms with Crippen molar-refractivity contribution >= 4 is 11.9 Å². The minimum Gasteiger partial charge on any atom is -0.475 e.